The van der Waals surface area contributed by atoms with Gasteiger partial charge in [-0.15, -0.1) is 0 Å². The van der Waals surface area contributed by atoms with Crippen molar-refractivity contribution in [2.75, 3.05) is 5.32 Å². The lowest BCUT2D eigenvalue weighted by atomic mass is 10.1. The lowest BCUT2D eigenvalue weighted by Gasteiger charge is -2.12. The summed E-state index contributed by atoms with van der Waals surface area (Å²) in [5, 5.41) is 12.1. The minimum atomic E-state index is -4.40. The molecule has 0 aliphatic carbocycles. The molecule has 0 unspecified atom stereocenters. The molecule has 6 heteroatoms. The van der Waals surface area contributed by atoms with Crippen molar-refractivity contribution in [3.05, 3.63) is 64.2 Å². The molecule has 0 bridgehead atoms. The van der Waals surface area contributed by atoms with Gasteiger partial charge in [-0.25, -0.2) is 0 Å². The zero-order valence-electron chi connectivity index (χ0n) is 10.9. The van der Waals surface area contributed by atoms with E-state index in [1.54, 1.807) is 24.3 Å². The fraction of sp³-hybridized carbons (Fsp3) is 0.200. The van der Waals surface area contributed by atoms with Gasteiger partial charge in [-0.05, 0) is 29.3 Å². The van der Waals surface area contributed by atoms with Crippen molar-refractivity contribution in [2.24, 2.45) is 0 Å². The quantitative estimate of drug-likeness (QED) is 0.873. The van der Waals surface area contributed by atoms with Crippen molar-refractivity contribution in [1.29, 1.82) is 0 Å². The zero-order chi connectivity index (χ0) is 15.5. The number of alkyl halides is 3. The van der Waals surface area contributed by atoms with E-state index < -0.39 is 11.7 Å². The Kier molecular flexibility index (Phi) is 4.75. The second-order valence-corrected chi connectivity index (χ2v) is 4.93. The monoisotopic (exact) mass is 315 g/mol. The van der Waals surface area contributed by atoms with Gasteiger partial charge in [0.05, 0.1) is 22.9 Å². The van der Waals surface area contributed by atoms with E-state index in [9.17, 15) is 13.2 Å². The fourth-order valence-corrected chi connectivity index (χ4v) is 1.98. The maximum atomic E-state index is 12.7. The summed E-state index contributed by atoms with van der Waals surface area (Å²) in [5.74, 6) is 0. The van der Waals surface area contributed by atoms with Crippen LogP contribution in [0.5, 0.6) is 0 Å². The Balaban J connectivity index is 2.11. The van der Waals surface area contributed by atoms with Crippen LogP contribution in [0.15, 0.2) is 42.5 Å². The third kappa shape index (κ3) is 4.12. The van der Waals surface area contributed by atoms with Gasteiger partial charge >= 0.3 is 6.18 Å². The van der Waals surface area contributed by atoms with E-state index in [1.165, 1.54) is 6.07 Å². The fourth-order valence-electron chi connectivity index (χ4n) is 1.80. The molecule has 0 aromatic heterocycles. The highest BCUT2D eigenvalue weighted by Crippen LogP contribution is 2.33. The normalized spacial score (nSPS) is 11.5. The maximum absolute atomic E-state index is 12.7. The summed E-state index contributed by atoms with van der Waals surface area (Å²) in [4.78, 5) is 0. The molecule has 0 atom stereocenters. The minimum absolute atomic E-state index is 0.0484. The van der Waals surface area contributed by atoms with E-state index in [-0.39, 0.29) is 17.3 Å². The number of aliphatic hydroxyl groups excluding tert-OH is 1. The first kappa shape index (κ1) is 15.7. The topological polar surface area (TPSA) is 32.3 Å². The number of halogens is 4. The second kappa shape index (κ2) is 6.37. The van der Waals surface area contributed by atoms with E-state index in [2.05, 4.69) is 5.32 Å². The van der Waals surface area contributed by atoms with Crippen LogP contribution in [0.3, 0.4) is 0 Å². The molecule has 0 saturated carbocycles. The molecule has 0 aliphatic heterocycles. The van der Waals surface area contributed by atoms with Crippen LogP contribution < -0.4 is 5.32 Å². The molecule has 0 heterocycles. The van der Waals surface area contributed by atoms with Gasteiger partial charge < -0.3 is 10.4 Å². The van der Waals surface area contributed by atoms with Gasteiger partial charge in [0.1, 0.15) is 0 Å². The molecule has 0 aliphatic rings. The molecule has 0 fully saturated rings. The van der Waals surface area contributed by atoms with Crippen LogP contribution in [0.4, 0.5) is 18.9 Å². The number of anilines is 1. The Hall–Kier alpha value is -1.72. The van der Waals surface area contributed by atoms with Crippen molar-refractivity contribution in [3.63, 3.8) is 0 Å². The third-order valence-corrected chi connectivity index (χ3v) is 3.31. The summed E-state index contributed by atoms with van der Waals surface area (Å²) in [7, 11) is 0. The largest absolute Gasteiger partial charge is 0.416 e. The predicted molar refractivity (Wildman–Crippen MR) is 76.1 cm³/mol. The average molecular weight is 316 g/mol. The van der Waals surface area contributed by atoms with Gasteiger partial charge in [0.25, 0.3) is 0 Å². The maximum Gasteiger partial charge on any atom is 0.416 e. The Bertz CT molecular complexity index is 611. The van der Waals surface area contributed by atoms with E-state index >= 15 is 0 Å². The van der Waals surface area contributed by atoms with Gasteiger partial charge in [0, 0.05) is 6.54 Å². The van der Waals surface area contributed by atoms with E-state index in [0.717, 1.165) is 23.3 Å². The summed E-state index contributed by atoms with van der Waals surface area (Å²) in [6, 6.07) is 10.3. The summed E-state index contributed by atoms with van der Waals surface area (Å²) in [5.41, 5.74) is 1.14. The molecule has 2 aromatic rings. The van der Waals surface area contributed by atoms with E-state index in [0.29, 0.717) is 6.54 Å². The van der Waals surface area contributed by atoms with Crippen LogP contribution in [0.2, 0.25) is 5.02 Å². The molecule has 2 aromatic carbocycles. The van der Waals surface area contributed by atoms with Gasteiger partial charge in [0.2, 0.25) is 0 Å². The molecule has 0 saturated heterocycles. The first-order valence-corrected chi connectivity index (χ1v) is 6.57. The number of aliphatic hydroxyl groups is 1. The predicted octanol–water partition coefficient (Wildman–Crippen LogP) is 4.46. The average Bonchev–Trinajstić information content (AvgIpc) is 2.45. The highest BCUT2D eigenvalue weighted by atomic mass is 35.5. The van der Waals surface area contributed by atoms with Crippen LogP contribution >= 0.6 is 11.6 Å². The third-order valence-electron chi connectivity index (χ3n) is 2.98. The van der Waals surface area contributed by atoms with Crippen LogP contribution in [0.25, 0.3) is 0 Å². The number of hydrogen-bond acceptors (Lipinski definition) is 2. The highest BCUT2D eigenvalue weighted by Gasteiger charge is 2.30. The molecule has 2 rings (SSSR count). The Morgan fingerprint density at radius 2 is 1.62 bits per heavy atom. The van der Waals surface area contributed by atoms with Crippen LogP contribution in [0, 0.1) is 0 Å². The Morgan fingerprint density at radius 3 is 2.19 bits per heavy atom. The van der Waals surface area contributed by atoms with E-state index in [1.807, 2.05) is 0 Å². The molecule has 0 radical (unpaired) electrons. The standard InChI is InChI=1S/C15H13ClF3NO/c16-13-6-5-12(15(17,18)19)7-14(13)20-8-10-1-3-11(9-21)4-2-10/h1-7,20-21H,8-9H2. The van der Waals surface area contributed by atoms with Crippen LogP contribution in [-0.4, -0.2) is 5.11 Å². The van der Waals surface area contributed by atoms with E-state index in [4.69, 9.17) is 16.7 Å². The number of nitrogens with one attached hydrogen (secondary N) is 1. The van der Waals surface area contributed by atoms with Gasteiger partial charge in [0.15, 0.2) is 0 Å². The zero-order valence-corrected chi connectivity index (χ0v) is 11.7. The number of rotatable bonds is 4. The Morgan fingerprint density at radius 1 is 1.00 bits per heavy atom. The van der Waals surface area contributed by atoms with Gasteiger partial charge in [-0.2, -0.15) is 13.2 Å². The van der Waals surface area contributed by atoms with Crippen LogP contribution in [-0.2, 0) is 19.3 Å². The summed E-state index contributed by atoms with van der Waals surface area (Å²) in [6.45, 7) is 0.292. The van der Waals surface area contributed by atoms with Crippen molar-refractivity contribution < 1.29 is 18.3 Å². The van der Waals surface area contributed by atoms with Crippen molar-refractivity contribution in [3.8, 4) is 0 Å². The molecule has 2 nitrogen and oxygen atoms in total. The molecule has 2 N–H and O–H groups in total. The SMILES string of the molecule is OCc1ccc(CNc2cc(C(F)(F)F)ccc2Cl)cc1. The minimum Gasteiger partial charge on any atom is -0.392 e. The molecule has 21 heavy (non-hydrogen) atoms. The van der Waals surface area contributed by atoms with Crippen molar-refractivity contribution >= 4 is 17.3 Å². The molecular formula is C15H13ClF3NO. The lowest BCUT2D eigenvalue weighted by molar-refractivity contribution is -0.137. The first-order valence-electron chi connectivity index (χ1n) is 6.19. The molecule has 112 valence electrons. The smallest absolute Gasteiger partial charge is 0.392 e. The summed E-state index contributed by atoms with van der Waals surface area (Å²) < 4.78 is 38.0. The molecule has 0 spiro atoms. The first-order chi connectivity index (χ1) is 9.90. The summed E-state index contributed by atoms with van der Waals surface area (Å²) >= 11 is 5.90. The Labute approximate surface area is 125 Å². The lowest BCUT2D eigenvalue weighted by Crippen LogP contribution is -2.07. The van der Waals surface area contributed by atoms with Gasteiger partial charge in [-0.3, -0.25) is 0 Å². The molecular weight excluding hydrogens is 303 g/mol. The number of benzene rings is 2. The van der Waals surface area contributed by atoms with Crippen molar-refractivity contribution in [1.82, 2.24) is 0 Å². The highest BCUT2D eigenvalue weighted by molar-refractivity contribution is 6.33. The summed E-state index contributed by atoms with van der Waals surface area (Å²) in [6.07, 6.45) is -4.40. The number of hydrogen-bond donors (Lipinski definition) is 2. The van der Waals surface area contributed by atoms with Gasteiger partial charge in [-0.1, -0.05) is 35.9 Å². The van der Waals surface area contributed by atoms with Crippen LogP contribution in [0.1, 0.15) is 16.7 Å². The molecule has 0 amide bonds. The second-order valence-electron chi connectivity index (χ2n) is 4.52. The van der Waals surface area contributed by atoms with Crippen molar-refractivity contribution in [2.45, 2.75) is 19.3 Å².